The van der Waals surface area contributed by atoms with Gasteiger partial charge in [-0.2, -0.15) is 0 Å². The Hall–Kier alpha value is 0.423. The van der Waals surface area contributed by atoms with Gasteiger partial charge in [0.15, 0.2) is 0 Å². The summed E-state index contributed by atoms with van der Waals surface area (Å²) in [6, 6.07) is -0.0625. The monoisotopic (exact) mass is 165 g/mol. The van der Waals surface area contributed by atoms with Crippen LogP contribution < -0.4 is 17.2 Å². The van der Waals surface area contributed by atoms with Crippen LogP contribution in [0.3, 0.4) is 0 Å². The van der Waals surface area contributed by atoms with Crippen LogP contribution in [0.5, 0.6) is 0 Å². The van der Waals surface area contributed by atoms with Crippen LogP contribution in [-0.2, 0) is 0 Å². The maximum atomic E-state index is 5.41. The van der Waals surface area contributed by atoms with Crippen LogP contribution in [0.1, 0.15) is 6.92 Å². The Morgan fingerprint density at radius 1 is 1.57 bits per heavy atom. The van der Waals surface area contributed by atoms with Gasteiger partial charge in [0.25, 0.3) is 0 Å². The minimum absolute atomic E-state index is 0.0625. The van der Waals surface area contributed by atoms with Gasteiger partial charge < -0.3 is 0 Å². The van der Waals surface area contributed by atoms with Gasteiger partial charge >= 0.3 is 51.2 Å². The molecule has 0 aliphatic heterocycles. The molecule has 6 N–H and O–H groups in total. The van der Waals surface area contributed by atoms with Crippen molar-refractivity contribution in [3.05, 3.63) is 0 Å². The molecule has 0 saturated heterocycles. The Morgan fingerprint density at radius 3 is 1.71 bits per heavy atom. The number of hydrogen-bond donors (Lipinski definition) is 3. The van der Waals surface area contributed by atoms with E-state index in [4.69, 9.17) is 17.2 Å². The molecule has 3 nitrogen and oxygen atoms in total. The van der Waals surface area contributed by atoms with Gasteiger partial charge in [-0.3, -0.25) is 0 Å². The van der Waals surface area contributed by atoms with E-state index in [2.05, 4.69) is 0 Å². The molecule has 0 aromatic heterocycles. The SMILES string of the molecule is CC(N)[C](N)(N)[GeH3]. The van der Waals surface area contributed by atoms with E-state index in [9.17, 15) is 0 Å². The van der Waals surface area contributed by atoms with Gasteiger partial charge in [0.05, 0.1) is 0 Å². The molecular formula is C3H13GeN3. The molecule has 1 unspecified atom stereocenters. The Balaban J connectivity index is 3.54. The topological polar surface area (TPSA) is 78.1 Å². The van der Waals surface area contributed by atoms with Crippen molar-refractivity contribution in [2.24, 2.45) is 17.2 Å². The predicted molar refractivity (Wildman–Crippen MR) is 34.7 cm³/mol. The van der Waals surface area contributed by atoms with Crippen molar-refractivity contribution >= 4 is 16.5 Å². The maximum absolute atomic E-state index is 5.41. The van der Waals surface area contributed by atoms with E-state index >= 15 is 0 Å². The summed E-state index contributed by atoms with van der Waals surface area (Å²) in [5.74, 6) is 0. The van der Waals surface area contributed by atoms with Crippen LogP contribution in [0.25, 0.3) is 0 Å². The summed E-state index contributed by atoms with van der Waals surface area (Å²) in [4.78, 5) is 0. The van der Waals surface area contributed by atoms with Crippen molar-refractivity contribution < 1.29 is 0 Å². The molecule has 4 heteroatoms. The van der Waals surface area contributed by atoms with Gasteiger partial charge in [0, 0.05) is 0 Å². The van der Waals surface area contributed by atoms with Gasteiger partial charge in [0.2, 0.25) is 0 Å². The van der Waals surface area contributed by atoms with E-state index in [-0.39, 0.29) is 6.04 Å². The zero-order chi connectivity index (χ0) is 6.08. The third kappa shape index (κ3) is 3.05. The van der Waals surface area contributed by atoms with Crippen molar-refractivity contribution in [2.45, 2.75) is 17.5 Å². The third-order valence-corrected chi connectivity index (χ3v) is 2.89. The summed E-state index contributed by atoms with van der Waals surface area (Å²) in [5, 5.41) is 0. The molecule has 1 atom stereocenters. The molecule has 0 aromatic carbocycles. The molecule has 0 aliphatic rings. The van der Waals surface area contributed by atoms with E-state index in [0.29, 0.717) is 16.5 Å². The summed E-state index contributed by atoms with van der Waals surface area (Å²) in [7, 11) is 0. The molecule has 7 heavy (non-hydrogen) atoms. The fraction of sp³-hybridized carbons (Fsp3) is 1.00. The molecule has 44 valence electrons. The van der Waals surface area contributed by atoms with Crippen LogP contribution >= 0.6 is 0 Å². The Morgan fingerprint density at radius 2 is 1.71 bits per heavy atom. The third-order valence-electron chi connectivity index (χ3n) is 0.981. The molecule has 0 bridgehead atoms. The first-order chi connectivity index (χ1) is 2.94. The molecule has 0 radical (unpaired) electrons. The summed E-state index contributed by atoms with van der Waals surface area (Å²) in [6.45, 7) is 1.82. The molecule has 0 fully saturated rings. The second kappa shape index (κ2) is 2.13. The normalized spacial score (nSPS) is 17.1. The van der Waals surface area contributed by atoms with E-state index in [1.807, 2.05) is 6.92 Å². The molecular weight excluding hydrogens is 151 g/mol. The average molecular weight is 164 g/mol. The van der Waals surface area contributed by atoms with Gasteiger partial charge in [-0.1, -0.05) is 0 Å². The molecule has 0 heterocycles. The summed E-state index contributed by atoms with van der Waals surface area (Å²) >= 11 is 0.411. The summed E-state index contributed by atoms with van der Waals surface area (Å²) in [5.41, 5.74) is 16.2. The van der Waals surface area contributed by atoms with Crippen LogP contribution in [0.4, 0.5) is 0 Å². The Bertz CT molecular complexity index is 55.7. The first-order valence-electron chi connectivity index (χ1n) is 2.28. The first kappa shape index (κ1) is 7.42. The van der Waals surface area contributed by atoms with Crippen molar-refractivity contribution in [1.82, 2.24) is 0 Å². The van der Waals surface area contributed by atoms with Crippen molar-refractivity contribution in [3.8, 4) is 0 Å². The van der Waals surface area contributed by atoms with Gasteiger partial charge in [-0.25, -0.2) is 0 Å². The van der Waals surface area contributed by atoms with Gasteiger partial charge in [-0.15, -0.1) is 0 Å². The second-order valence-corrected chi connectivity index (χ2v) is 5.79. The first-order valence-corrected chi connectivity index (χ1v) is 4.37. The molecule has 0 spiro atoms. The van der Waals surface area contributed by atoms with E-state index < -0.39 is 4.50 Å². The quantitative estimate of drug-likeness (QED) is 0.290. The molecule has 0 rings (SSSR count). The molecule has 0 saturated carbocycles. The summed E-state index contributed by atoms with van der Waals surface area (Å²) in [6.07, 6.45) is 0. The molecule has 0 aromatic rings. The Labute approximate surface area is 51.8 Å². The standard InChI is InChI=1S/C3H13GeN3/c1-2(5)3(4,6)7/h2H,5-7H2,1,4H3. The second-order valence-electron chi connectivity index (χ2n) is 2.15. The number of rotatable bonds is 1. The van der Waals surface area contributed by atoms with E-state index in [0.717, 1.165) is 0 Å². The predicted octanol–water partition coefficient (Wildman–Crippen LogP) is -2.73. The van der Waals surface area contributed by atoms with Gasteiger partial charge in [-0.05, 0) is 0 Å². The van der Waals surface area contributed by atoms with Crippen LogP contribution in [0.15, 0.2) is 0 Å². The van der Waals surface area contributed by atoms with Crippen molar-refractivity contribution in [2.75, 3.05) is 0 Å². The minimum atomic E-state index is -0.535. The zero-order valence-electron chi connectivity index (χ0n) is 4.81. The van der Waals surface area contributed by atoms with E-state index in [1.54, 1.807) is 0 Å². The molecule has 0 aliphatic carbocycles. The van der Waals surface area contributed by atoms with Crippen LogP contribution in [0, 0.1) is 0 Å². The average Bonchev–Trinajstić information content (AvgIpc) is 1.31. The van der Waals surface area contributed by atoms with Crippen LogP contribution in [-0.4, -0.2) is 27.1 Å². The number of nitrogens with two attached hydrogens (primary N) is 3. The van der Waals surface area contributed by atoms with E-state index in [1.165, 1.54) is 0 Å². The fourth-order valence-electron chi connectivity index (χ4n) is 0. The van der Waals surface area contributed by atoms with Crippen LogP contribution in [0.2, 0.25) is 0 Å². The molecule has 0 amide bonds. The number of hydrogen-bond acceptors (Lipinski definition) is 3. The van der Waals surface area contributed by atoms with Gasteiger partial charge in [0.1, 0.15) is 0 Å². The Kier molecular flexibility index (Phi) is 2.26. The van der Waals surface area contributed by atoms with Crippen molar-refractivity contribution in [3.63, 3.8) is 0 Å². The zero-order valence-corrected chi connectivity index (χ0v) is 9.01. The van der Waals surface area contributed by atoms with Crippen molar-refractivity contribution in [1.29, 1.82) is 0 Å². The fourth-order valence-corrected chi connectivity index (χ4v) is 0. The summed E-state index contributed by atoms with van der Waals surface area (Å²) < 4.78 is -0.535.